The molecule has 1 aromatic rings. The van der Waals surface area contributed by atoms with Crippen molar-refractivity contribution >= 4 is 17.6 Å². The minimum absolute atomic E-state index is 0.0509. The Labute approximate surface area is 102 Å². The lowest BCUT2D eigenvalue weighted by molar-refractivity contribution is -0.111. The number of amides is 1. The van der Waals surface area contributed by atoms with E-state index >= 15 is 0 Å². The van der Waals surface area contributed by atoms with Crippen molar-refractivity contribution in [3.8, 4) is 6.07 Å². The third-order valence-electron chi connectivity index (χ3n) is 2.00. The molecule has 1 rings (SSSR count). The molecule has 5 nitrogen and oxygen atoms in total. The molecule has 0 aliphatic carbocycles. The molecule has 1 aromatic carbocycles. The van der Waals surface area contributed by atoms with Crippen LogP contribution in [-0.2, 0) is 4.79 Å². The molecular weight excluding hydrogens is 239 g/mol. The van der Waals surface area contributed by atoms with Crippen LogP contribution in [0.3, 0.4) is 0 Å². The summed E-state index contributed by atoms with van der Waals surface area (Å²) in [5.74, 6) is -1.91. The minimum Gasteiger partial charge on any atom is -0.478 e. The zero-order valence-corrected chi connectivity index (χ0v) is 9.18. The number of nitrogens with one attached hydrogen (secondary N) is 1. The summed E-state index contributed by atoms with van der Waals surface area (Å²) in [6.45, 7) is -0.785. The quantitative estimate of drug-likeness (QED) is 0.794. The fourth-order valence-corrected chi connectivity index (χ4v) is 1.23. The summed E-state index contributed by atoms with van der Waals surface area (Å²) in [5.41, 5.74) is 0.0238. The van der Waals surface area contributed by atoms with E-state index in [1.807, 2.05) is 0 Å². The highest BCUT2D eigenvalue weighted by Gasteiger charge is 2.12. The Kier molecular flexibility index (Phi) is 4.58. The number of nitrogens with zero attached hydrogens (tertiary/aromatic N) is 1. The van der Waals surface area contributed by atoms with Crippen molar-refractivity contribution in [3.63, 3.8) is 0 Å². The average molecular weight is 248 g/mol. The molecule has 92 valence electrons. The zero-order chi connectivity index (χ0) is 13.5. The Bertz CT molecular complexity index is 547. The highest BCUT2D eigenvalue weighted by molar-refractivity contribution is 6.04. The first-order chi connectivity index (χ1) is 8.58. The molecule has 0 spiro atoms. The summed E-state index contributed by atoms with van der Waals surface area (Å²) in [7, 11) is 0. The Morgan fingerprint density at radius 3 is 2.78 bits per heavy atom. The van der Waals surface area contributed by atoms with Gasteiger partial charge in [0.05, 0.1) is 22.9 Å². The lowest BCUT2D eigenvalue weighted by Gasteiger charge is -2.06. The Morgan fingerprint density at radius 1 is 1.50 bits per heavy atom. The molecule has 0 unspecified atom stereocenters. The number of carbonyl (C=O) groups is 2. The Balaban J connectivity index is 3.02. The van der Waals surface area contributed by atoms with Crippen LogP contribution in [0.1, 0.15) is 15.9 Å². The van der Waals surface area contributed by atoms with E-state index in [9.17, 15) is 14.0 Å². The van der Waals surface area contributed by atoms with Crippen molar-refractivity contribution in [2.75, 3.05) is 12.0 Å². The maximum Gasteiger partial charge on any atom is 0.337 e. The zero-order valence-electron chi connectivity index (χ0n) is 9.18. The van der Waals surface area contributed by atoms with Crippen LogP contribution in [0.25, 0.3) is 0 Å². The number of carbonyl (C=O) groups excluding carboxylic acids is 1. The number of halogens is 1. The molecule has 0 saturated heterocycles. The molecule has 0 atom stereocenters. The number of nitriles is 1. The van der Waals surface area contributed by atoms with Crippen LogP contribution in [-0.4, -0.2) is 23.7 Å². The molecule has 0 aromatic heterocycles. The van der Waals surface area contributed by atoms with E-state index in [-0.39, 0.29) is 16.8 Å². The van der Waals surface area contributed by atoms with Crippen molar-refractivity contribution in [3.05, 3.63) is 41.5 Å². The van der Waals surface area contributed by atoms with Crippen molar-refractivity contribution in [2.24, 2.45) is 0 Å². The number of aromatic carboxylic acids is 1. The van der Waals surface area contributed by atoms with Gasteiger partial charge in [-0.25, -0.2) is 9.18 Å². The van der Waals surface area contributed by atoms with Crippen molar-refractivity contribution in [1.82, 2.24) is 0 Å². The molecule has 0 saturated carbocycles. The number of rotatable bonds is 4. The van der Waals surface area contributed by atoms with Crippen LogP contribution >= 0.6 is 0 Å². The third-order valence-corrected chi connectivity index (χ3v) is 2.00. The van der Waals surface area contributed by atoms with E-state index < -0.39 is 18.6 Å². The second kappa shape index (κ2) is 6.15. The minimum atomic E-state index is -1.27. The fraction of sp³-hybridized carbons (Fsp3) is 0.0833. The predicted molar refractivity (Wildman–Crippen MR) is 61.9 cm³/mol. The van der Waals surface area contributed by atoms with Gasteiger partial charge in [0, 0.05) is 6.08 Å². The number of allylic oxidation sites excluding steroid dienone is 1. The van der Waals surface area contributed by atoms with E-state index in [0.29, 0.717) is 0 Å². The van der Waals surface area contributed by atoms with Gasteiger partial charge in [-0.3, -0.25) is 4.79 Å². The molecule has 1 amide bonds. The molecule has 0 heterocycles. The molecule has 0 fully saturated rings. The number of anilines is 1. The van der Waals surface area contributed by atoms with Gasteiger partial charge in [0.25, 0.3) is 0 Å². The molecule has 6 heteroatoms. The van der Waals surface area contributed by atoms with Crippen molar-refractivity contribution < 1.29 is 19.1 Å². The first-order valence-corrected chi connectivity index (χ1v) is 4.89. The maximum atomic E-state index is 11.8. The number of carboxylic acid groups (broad SMARTS) is 1. The fourth-order valence-electron chi connectivity index (χ4n) is 1.23. The van der Waals surface area contributed by atoms with E-state index in [2.05, 4.69) is 5.32 Å². The Morgan fingerprint density at radius 2 is 2.22 bits per heavy atom. The van der Waals surface area contributed by atoms with Crippen LogP contribution in [0.4, 0.5) is 10.1 Å². The van der Waals surface area contributed by atoms with Crippen LogP contribution < -0.4 is 5.32 Å². The van der Waals surface area contributed by atoms with Crippen LogP contribution in [0.15, 0.2) is 30.4 Å². The topological polar surface area (TPSA) is 90.2 Å². The van der Waals surface area contributed by atoms with E-state index in [1.165, 1.54) is 12.1 Å². The molecular formula is C12H9FN2O3. The molecule has 0 radical (unpaired) electrons. The number of hydrogen-bond donors (Lipinski definition) is 2. The van der Waals surface area contributed by atoms with Gasteiger partial charge >= 0.3 is 5.97 Å². The van der Waals surface area contributed by atoms with Gasteiger partial charge in [0.2, 0.25) is 5.91 Å². The van der Waals surface area contributed by atoms with Gasteiger partial charge < -0.3 is 10.4 Å². The lowest BCUT2D eigenvalue weighted by atomic mass is 10.1. The number of hydrogen-bond acceptors (Lipinski definition) is 3. The highest BCUT2D eigenvalue weighted by Crippen LogP contribution is 2.17. The predicted octanol–water partition coefficient (Wildman–Crippen LogP) is 1.72. The molecule has 18 heavy (non-hydrogen) atoms. The second-order valence-corrected chi connectivity index (χ2v) is 3.22. The first-order valence-electron chi connectivity index (χ1n) is 4.89. The lowest BCUT2D eigenvalue weighted by Crippen LogP contribution is -2.12. The third kappa shape index (κ3) is 3.42. The van der Waals surface area contributed by atoms with Crippen LogP contribution in [0, 0.1) is 11.3 Å². The Hall–Kier alpha value is -2.68. The molecule has 0 aliphatic heterocycles. The maximum absolute atomic E-state index is 11.8. The highest BCUT2D eigenvalue weighted by atomic mass is 19.1. The van der Waals surface area contributed by atoms with Gasteiger partial charge in [-0.15, -0.1) is 0 Å². The van der Waals surface area contributed by atoms with E-state index in [1.54, 1.807) is 6.07 Å². The van der Waals surface area contributed by atoms with E-state index in [0.717, 1.165) is 18.2 Å². The second-order valence-electron chi connectivity index (χ2n) is 3.22. The van der Waals surface area contributed by atoms with Gasteiger partial charge in [0.1, 0.15) is 6.67 Å². The number of benzene rings is 1. The first kappa shape index (κ1) is 13.4. The SMILES string of the molecule is N#Cc1ccc(NC(=O)/C=C/CF)c(C(=O)O)c1. The van der Waals surface area contributed by atoms with Gasteiger partial charge in [-0.05, 0) is 24.3 Å². The van der Waals surface area contributed by atoms with Gasteiger partial charge in [-0.1, -0.05) is 0 Å². The van der Waals surface area contributed by atoms with Gasteiger partial charge in [0.15, 0.2) is 0 Å². The summed E-state index contributed by atoms with van der Waals surface area (Å²) >= 11 is 0. The molecule has 2 N–H and O–H groups in total. The van der Waals surface area contributed by atoms with Crippen LogP contribution in [0.2, 0.25) is 0 Å². The summed E-state index contributed by atoms with van der Waals surface area (Å²) in [6, 6.07) is 5.63. The number of alkyl halides is 1. The van der Waals surface area contributed by atoms with Gasteiger partial charge in [-0.2, -0.15) is 5.26 Å². The smallest absolute Gasteiger partial charge is 0.337 e. The van der Waals surface area contributed by atoms with Crippen molar-refractivity contribution in [1.29, 1.82) is 5.26 Å². The van der Waals surface area contributed by atoms with Crippen molar-refractivity contribution in [2.45, 2.75) is 0 Å². The van der Waals surface area contributed by atoms with Crippen LogP contribution in [0.5, 0.6) is 0 Å². The summed E-state index contributed by atoms with van der Waals surface area (Å²) < 4.78 is 11.8. The standard InChI is InChI=1S/C12H9FN2O3/c13-5-1-2-11(16)15-10-4-3-8(7-14)6-9(10)12(17)18/h1-4,6H,5H2,(H,15,16)(H,17,18)/b2-1+. The number of carboxylic acids is 1. The van der Waals surface area contributed by atoms with E-state index in [4.69, 9.17) is 10.4 Å². The monoisotopic (exact) mass is 248 g/mol. The normalized spacial score (nSPS) is 10.0. The largest absolute Gasteiger partial charge is 0.478 e. The molecule has 0 bridgehead atoms. The average Bonchev–Trinajstić information content (AvgIpc) is 2.36. The molecule has 0 aliphatic rings. The summed E-state index contributed by atoms with van der Waals surface area (Å²) in [4.78, 5) is 22.2. The summed E-state index contributed by atoms with van der Waals surface area (Å²) in [5, 5.41) is 19.9. The summed E-state index contributed by atoms with van der Waals surface area (Å²) in [6.07, 6.45) is 1.96.